The van der Waals surface area contributed by atoms with Gasteiger partial charge in [0.15, 0.2) is 16.8 Å². The lowest BCUT2D eigenvalue weighted by molar-refractivity contribution is 0.102. The second-order valence-corrected chi connectivity index (χ2v) is 8.57. The molecule has 0 aliphatic carbocycles. The smallest absolute Gasteiger partial charge is 0.191 e. The van der Waals surface area contributed by atoms with Crippen LogP contribution in [0.1, 0.15) is 28.7 Å². The van der Waals surface area contributed by atoms with Gasteiger partial charge >= 0.3 is 0 Å². The van der Waals surface area contributed by atoms with E-state index >= 15 is 0 Å². The van der Waals surface area contributed by atoms with Gasteiger partial charge in [-0.1, -0.05) is 23.4 Å². The van der Waals surface area contributed by atoms with Crippen LogP contribution >= 0.6 is 23.4 Å². The van der Waals surface area contributed by atoms with Crippen LogP contribution in [-0.2, 0) is 6.54 Å². The number of ketones is 1. The first-order valence-corrected chi connectivity index (χ1v) is 11.4. The molecule has 3 heterocycles. The summed E-state index contributed by atoms with van der Waals surface area (Å²) in [6, 6.07) is 10.1. The molecule has 0 radical (unpaired) electrons. The molecular weight excluding hydrogens is 449 g/mol. The number of Topliss-reactive ketones (excluding diaryl/α,β-unsaturated/α-hetero) is 1. The predicted octanol–water partition coefficient (Wildman–Crippen LogP) is 5.54. The van der Waals surface area contributed by atoms with Crippen molar-refractivity contribution in [3.8, 4) is 17.1 Å². The molecule has 0 spiro atoms. The number of carbonyl (C=O) groups excluding carboxylic acids is 1. The highest BCUT2D eigenvalue weighted by Crippen LogP contribution is 2.27. The highest BCUT2D eigenvalue weighted by atomic mass is 35.5. The number of nitrogens with zero attached hydrogens (tertiary/aromatic N) is 5. The third-order valence-electron chi connectivity index (χ3n) is 5.20. The molecule has 0 atom stereocenters. The first kappa shape index (κ1) is 22.2. The van der Waals surface area contributed by atoms with E-state index in [0.717, 1.165) is 22.8 Å². The Hall–Kier alpha value is -2.97. The van der Waals surface area contributed by atoms with Gasteiger partial charge in [0.05, 0.1) is 10.8 Å². The van der Waals surface area contributed by atoms with E-state index in [0.29, 0.717) is 23.0 Å². The third-order valence-corrected chi connectivity index (χ3v) is 6.45. The van der Waals surface area contributed by atoms with E-state index in [-0.39, 0.29) is 16.6 Å². The quantitative estimate of drug-likeness (QED) is 0.263. The van der Waals surface area contributed by atoms with E-state index < -0.39 is 5.82 Å². The van der Waals surface area contributed by atoms with Crippen LogP contribution in [0.3, 0.4) is 0 Å². The highest BCUT2D eigenvalue weighted by molar-refractivity contribution is 7.99. The molecule has 9 heteroatoms. The van der Waals surface area contributed by atoms with Crippen LogP contribution in [0.5, 0.6) is 0 Å². The summed E-state index contributed by atoms with van der Waals surface area (Å²) in [4.78, 5) is 17.1. The van der Waals surface area contributed by atoms with Crippen molar-refractivity contribution < 1.29 is 9.18 Å². The number of halogens is 2. The average Bonchev–Trinajstić information content (AvgIpc) is 3.34. The van der Waals surface area contributed by atoms with Crippen LogP contribution < -0.4 is 0 Å². The summed E-state index contributed by atoms with van der Waals surface area (Å²) in [5.74, 6) is 0.481. The molecule has 0 aliphatic heterocycles. The van der Waals surface area contributed by atoms with Crippen LogP contribution in [0.25, 0.3) is 17.1 Å². The summed E-state index contributed by atoms with van der Waals surface area (Å²) in [7, 11) is 0. The zero-order chi connectivity index (χ0) is 22.8. The minimum Gasteiger partial charge on any atom is -0.318 e. The Labute approximate surface area is 194 Å². The highest BCUT2D eigenvalue weighted by Gasteiger charge is 2.20. The number of aryl methyl sites for hydroxylation is 1. The molecule has 0 fully saturated rings. The fourth-order valence-electron chi connectivity index (χ4n) is 3.67. The van der Waals surface area contributed by atoms with Crippen LogP contribution in [0.2, 0.25) is 5.02 Å². The van der Waals surface area contributed by atoms with E-state index in [1.807, 2.05) is 48.1 Å². The lowest BCUT2D eigenvalue weighted by Crippen LogP contribution is -2.07. The number of pyridine rings is 1. The van der Waals surface area contributed by atoms with Crippen molar-refractivity contribution in [2.24, 2.45) is 0 Å². The van der Waals surface area contributed by atoms with Gasteiger partial charge in [-0.3, -0.25) is 9.78 Å². The molecule has 0 bridgehead atoms. The first-order valence-electron chi connectivity index (χ1n) is 10.0. The SMILES string of the molecule is CCn1c(SCC(=O)c2cc(C)n(-c3ccc(F)c(Cl)c3)c2C)nnc1-c1ccncc1. The van der Waals surface area contributed by atoms with Crippen molar-refractivity contribution in [2.45, 2.75) is 32.5 Å². The number of hydrogen-bond donors (Lipinski definition) is 0. The maximum atomic E-state index is 13.6. The van der Waals surface area contributed by atoms with Crippen LogP contribution in [0.4, 0.5) is 4.39 Å². The van der Waals surface area contributed by atoms with Gasteiger partial charge in [-0.25, -0.2) is 4.39 Å². The molecule has 0 N–H and O–H groups in total. The molecule has 0 aliphatic rings. The number of aromatic nitrogens is 5. The van der Waals surface area contributed by atoms with Gasteiger partial charge in [-0.2, -0.15) is 0 Å². The Bertz CT molecular complexity index is 1290. The van der Waals surface area contributed by atoms with E-state index in [9.17, 15) is 9.18 Å². The summed E-state index contributed by atoms with van der Waals surface area (Å²) >= 11 is 7.31. The van der Waals surface area contributed by atoms with Crippen molar-refractivity contribution in [3.63, 3.8) is 0 Å². The van der Waals surface area contributed by atoms with Crippen molar-refractivity contribution in [3.05, 3.63) is 76.6 Å². The zero-order valence-corrected chi connectivity index (χ0v) is 19.4. The molecule has 1 aromatic carbocycles. The minimum atomic E-state index is -0.475. The Balaban J connectivity index is 1.56. The van der Waals surface area contributed by atoms with E-state index in [4.69, 9.17) is 11.6 Å². The maximum absolute atomic E-state index is 13.6. The summed E-state index contributed by atoms with van der Waals surface area (Å²) in [5.41, 5.74) is 3.91. The molecule has 6 nitrogen and oxygen atoms in total. The van der Waals surface area contributed by atoms with Gasteiger partial charge in [0.2, 0.25) is 0 Å². The molecule has 0 saturated heterocycles. The van der Waals surface area contributed by atoms with Gasteiger partial charge in [0, 0.05) is 47.1 Å². The molecule has 32 heavy (non-hydrogen) atoms. The number of benzene rings is 1. The molecule has 4 aromatic rings. The molecular formula is C23H21ClFN5OS. The van der Waals surface area contributed by atoms with Crippen molar-refractivity contribution in [2.75, 3.05) is 5.75 Å². The van der Waals surface area contributed by atoms with Crippen molar-refractivity contribution >= 4 is 29.1 Å². The second-order valence-electron chi connectivity index (χ2n) is 7.22. The summed E-state index contributed by atoms with van der Waals surface area (Å²) in [6.07, 6.45) is 3.43. The summed E-state index contributed by atoms with van der Waals surface area (Å²) in [6.45, 7) is 6.48. The Morgan fingerprint density at radius 3 is 2.56 bits per heavy atom. The van der Waals surface area contributed by atoms with Crippen LogP contribution in [-0.4, -0.2) is 35.9 Å². The number of carbonyl (C=O) groups is 1. The molecule has 3 aromatic heterocycles. The van der Waals surface area contributed by atoms with Crippen LogP contribution in [0, 0.1) is 19.7 Å². The monoisotopic (exact) mass is 469 g/mol. The second kappa shape index (κ2) is 9.26. The van der Waals surface area contributed by atoms with E-state index in [2.05, 4.69) is 15.2 Å². The van der Waals surface area contributed by atoms with Gasteiger partial charge in [0.25, 0.3) is 0 Å². The Kier molecular flexibility index (Phi) is 6.43. The minimum absolute atomic E-state index is 0.0151. The van der Waals surface area contributed by atoms with Crippen molar-refractivity contribution in [1.82, 2.24) is 24.3 Å². The van der Waals surface area contributed by atoms with E-state index in [1.54, 1.807) is 24.5 Å². The Morgan fingerprint density at radius 1 is 1.12 bits per heavy atom. The average molecular weight is 470 g/mol. The van der Waals surface area contributed by atoms with Crippen molar-refractivity contribution in [1.29, 1.82) is 0 Å². The van der Waals surface area contributed by atoms with Gasteiger partial charge < -0.3 is 9.13 Å². The summed E-state index contributed by atoms with van der Waals surface area (Å²) in [5, 5.41) is 9.32. The predicted molar refractivity (Wildman–Crippen MR) is 124 cm³/mol. The molecule has 164 valence electrons. The number of thioether (sulfide) groups is 1. The largest absolute Gasteiger partial charge is 0.318 e. The molecule has 0 saturated carbocycles. The molecule has 0 unspecified atom stereocenters. The fraction of sp³-hybridized carbons (Fsp3) is 0.217. The standard InChI is InChI=1S/C23H21ClFN5OS/c1-4-29-22(16-7-9-26-10-8-16)27-28-23(29)32-13-21(31)18-11-14(2)30(15(18)3)17-5-6-20(25)19(24)12-17/h5-12H,4,13H2,1-3H3. The van der Waals surface area contributed by atoms with E-state index in [1.165, 1.54) is 17.8 Å². The van der Waals surface area contributed by atoms with Gasteiger partial charge in [-0.05, 0) is 57.2 Å². The zero-order valence-electron chi connectivity index (χ0n) is 17.8. The number of rotatable bonds is 7. The fourth-order valence-corrected chi connectivity index (χ4v) is 4.73. The molecule has 4 rings (SSSR count). The maximum Gasteiger partial charge on any atom is 0.191 e. The third kappa shape index (κ3) is 4.20. The van der Waals surface area contributed by atoms with Crippen LogP contribution in [0.15, 0.2) is 53.9 Å². The lowest BCUT2D eigenvalue weighted by atomic mass is 10.2. The topological polar surface area (TPSA) is 65.6 Å². The number of hydrogen-bond acceptors (Lipinski definition) is 5. The van der Waals surface area contributed by atoms with Gasteiger partial charge in [0.1, 0.15) is 5.82 Å². The Morgan fingerprint density at radius 2 is 1.88 bits per heavy atom. The summed E-state index contributed by atoms with van der Waals surface area (Å²) < 4.78 is 17.5. The molecule has 0 amide bonds. The normalized spacial score (nSPS) is 11.2. The lowest BCUT2D eigenvalue weighted by Gasteiger charge is -2.11. The first-order chi connectivity index (χ1) is 15.4. The van der Waals surface area contributed by atoms with Gasteiger partial charge in [-0.15, -0.1) is 10.2 Å².